The van der Waals surface area contributed by atoms with Gasteiger partial charge in [-0.2, -0.15) is 0 Å². The Hall–Kier alpha value is -1.36. The fourth-order valence-corrected chi connectivity index (χ4v) is 3.23. The number of nitrogens with zero attached hydrogens (tertiary/aromatic N) is 1. The standard InChI is InChI=1S/C15H18BrNO3/c1-10-8-11(16)6-7-13(10)15(20)17(9-14(18)19)12-4-2-3-5-12/h6-8,12H,2-5,9H2,1H3,(H,18,19). The van der Waals surface area contributed by atoms with Crippen LogP contribution >= 0.6 is 15.9 Å². The van der Waals surface area contributed by atoms with Crippen molar-refractivity contribution in [3.63, 3.8) is 0 Å². The molecule has 4 nitrogen and oxygen atoms in total. The third-order valence-electron chi connectivity index (χ3n) is 3.75. The Morgan fingerprint density at radius 1 is 1.35 bits per heavy atom. The number of carbonyl (C=O) groups excluding carboxylic acids is 1. The van der Waals surface area contributed by atoms with Crippen LogP contribution in [0.5, 0.6) is 0 Å². The highest BCUT2D eigenvalue weighted by molar-refractivity contribution is 9.10. The zero-order valence-electron chi connectivity index (χ0n) is 11.4. The Bertz CT molecular complexity index is 524. The van der Waals surface area contributed by atoms with Gasteiger partial charge in [0.05, 0.1) is 0 Å². The van der Waals surface area contributed by atoms with Gasteiger partial charge in [0, 0.05) is 16.1 Å². The molecule has 0 aromatic heterocycles. The van der Waals surface area contributed by atoms with Crippen LogP contribution in [0, 0.1) is 6.92 Å². The van der Waals surface area contributed by atoms with Gasteiger partial charge in [-0.3, -0.25) is 9.59 Å². The van der Waals surface area contributed by atoms with Crippen LogP contribution in [0.15, 0.2) is 22.7 Å². The van der Waals surface area contributed by atoms with Gasteiger partial charge in [0.15, 0.2) is 0 Å². The first-order valence-corrected chi connectivity index (χ1v) is 7.57. The number of aryl methyl sites for hydroxylation is 1. The van der Waals surface area contributed by atoms with Gasteiger partial charge in [-0.1, -0.05) is 28.8 Å². The van der Waals surface area contributed by atoms with E-state index in [9.17, 15) is 9.59 Å². The van der Waals surface area contributed by atoms with Crippen LogP contribution < -0.4 is 0 Å². The number of carboxylic acid groups (broad SMARTS) is 1. The Labute approximate surface area is 126 Å². The summed E-state index contributed by atoms with van der Waals surface area (Å²) in [6, 6.07) is 5.50. The molecular formula is C15H18BrNO3. The number of benzene rings is 1. The van der Waals surface area contributed by atoms with E-state index in [4.69, 9.17) is 5.11 Å². The first-order valence-electron chi connectivity index (χ1n) is 6.78. The first kappa shape index (κ1) is 15.0. The number of carbonyl (C=O) groups is 2. The van der Waals surface area contributed by atoms with Gasteiger partial charge in [-0.15, -0.1) is 0 Å². The minimum Gasteiger partial charge on any atom is -0.480 e. The Balaban J connectivity index is 2.27. The molecule has 1 fully saturated rings. The number of hydrogen-bond donors (Lipinski definition) is 1. The van der Waals surface area contributed by atoms with E-state index >= 15 is 0 Å². The number of halogens is 1. The summed E-state index contributed by atoms with van der Waals surface area (Å²) < 4.78 is 0.914. The van der Waals surface area contributed by atoms with Crippen molar-refractivity contribution >= 4 is 27.8 Å². The molecule has 0 heterocycles. The van der Waals surface area contributed by atoms with E-state index in [1.807, 2.05) is 19.1 Å². The largest absolute Gasteiger partial charge is 0.480 e. The molecule has 1 aliphatic rings. The summed E-state index contributed by atoms with van der Waals surface area (Å²) in [5, 5.41) is 9.05. The molecule has 0 saturated heterocycles. The van der Waals surface area contributed by atoms with Crippen LogP contribution in [-0.4, -0.2) is 34.5 Å². The second-order valence-corrected chi connectivity index (χ2v) is 6.14. The lowest BCUT2D eigenvalue weighted by atomic mass is 10.1. The molecule has 5 heteroatoms. The van der Waals surface area contributed by atoms with Gasteiger partial charge in [-0.25, -0.2) is 0 Å². The van der Waals surface area contributed by atoms with E-state index < -0.39 is 5.97 Å². The summed E-state index contributed by atoms with van der Waals surface area (Å²) in [6.07, 6.45) is 3.92. The van der Waals surface area contributed by atoms with Crippen molar-refractivity contribution in [2.75, 3.05) is 6.54 Å². The topological polar surface area (TPSA) is 57.6 Å². The highest BCUT2D eigenvalue weighted by Crippen LogP contribution is 2.26. The molecule has 0 atom stereocenters. The second kappa shape index (κ2) is 6.39. The van der Waals surface area contributed by atoms with Crippen LogP contribution in [0.2, 0.25) is 0 Å². The van der Waals surface area contributed by atoms with Gasteiger partial charge < -0.3 is 10.0 Å². The molecule has 0 spiro atoms. The van der Waals surface area contributed by atoms with Crippen molar-refractivity contribution in [3.8, 4) is 0 Å². The minimum atomic E-state index is -0.958. The van der Waals surface area contributed by atoms with Gasteiger partial charge in [0.2, 0.25) is 0 Å². The summed E-state index contributed by atoms with van der Waals surface area (Å²) >= 11 is 3.37. The van der Waals surface area contributed by atoms with Crippen molar-refractivity contribution in [3.05, 3.63) is 33.8 Å². The van der Waals surface area contributed by atoms with Crippen molar-refractivity contribution in [2.24, 2.45) is 0 Å². The molecule has 1 amide bonds. The van der Waals surface area contributed by atoms with E-state index in [0.29, 0.717) is 5.56 Å². The van der Waals surface area contributed by atoms with Gasteiger partial charge in [0.25, 0.3) is 5.91 Å². The molecule has 1 N–H and O–H groups in total. The predicted molar refractivity (Wildman–Crippen MR) is 79.8 cm³/mol. The van der Waals surface area contributed by atoms with Gasteiger partial charge >= 0.3 is 5.97 Å². The predicted octanol–water partition coefficient (Wildman–Crippen LogP) is 3.23. The van der Waals surface area contributed by atoms with Crippen molar-refractivity contribution in [2.45, 2.75) is 38.6 Å². The van der Waals surface area contributed by atoms with E-state index in [1.165, 1.54) is 4.90 Å². The van der Waals surface area contributed by atoms with Gasteiger partial charge in [0.1, 0.15) is 6.54 Å². The van der Waals surface area contributed by atoms with E-state index in [0.717, 1.165) is 35.7 Å². The molecule has 20 heavy (non-hydrogen) atoms. The summed E-state index contributed by atoms with van der Waals surface area (Å²) in [6.45, 7) is 1.64. The Morgan fingerprint density at radius 3 is 2.55 bits per heavy atom. The SMILES string of the molecule is Cc1cc(Br)ccc1C(=O)N(CC(=O)O)C1CCCC1. The molecule has 0 unspecified atom stereocenters. The fourth-order valence-electron chi connectivity index (χ4n) is 2.75. The van der Waals surface area contributed by atoms with Crippen molar-refractivity contribution < 1.29 is 14.7 Å². The number of aliphatic carboxylic acids is 1. The maximum absolute atomic E-state index is 12.6. The average Bonchev–Trinajstić information content (AvgIpc) is 2.88. The lowest BCUT2D eigenvalue weighted by Crippen LogP contribution is -2.42. The number of carboxylic acids is 1. The Morgan fingerprint density at radius 2 is 2.00 bits per heavy atom. The van der Waals surface area contributed by atoms with E-state index in [-0.39, 0.29) is 18.5 Å². The second-order valence-electron chi connectivity index (χ2n) is 5.22. The molecule has 0 aliphatic heterocycles. The normalized spacial score (nSPS) is 15.3. The van der Waals surface area contributed by atoms with Gasteiger partial charge in [-0.05, 0) is 43.5 Å². The quantitative estimate of drug-likeness (QED) is 0.916. The highest BCUT2D eigenvalue weighted by atomic mass is 79.9. The maximum Gasteiger partial charge on any atom is 0.323 e. The number of rotatable bonds is 4. The lowest BCUT2D eigenvalue weighted by Gasteiger charge is -2.28. The Kier molecular flexibility index (Phi) is 4.81. The molecule has 108 valence electrons. The summed E-state index contributed by atoms with van der Waals surface area (Å²) in [4.78, 5) is 25.2. The third-order valence-corrected chi connectivity index (χ3v) is 4.24. The summed E-state index contributed by atoms with van der Waals surface area (Å²) in [5.74, 6) is -1.13. The number of hydrogen-bond acceptors (Lipinski definition) is 2. The molecule has 1 aromatic rings. The third kappa shape index (κ3) is 3.39. The zero-order chi connectivity index (χ0) is 14.7. The molecule has 1 aromatic carbocycles. The van der Waals surface area contributed by atoms with Crippen LogP contribution in [0.1, 0.15) is 41.6 Å². The highest BCUT2D eigenvalue weighted by Gasteiger charge is 2.29. The van der Waals surface area contributed by atoms with Crippen LogP contribution in [0.4, 0.5) is 0 Å². The summed E-state index contributed by atoms with van der Waals surface area (Å²) in [7, 11) is 0. The van der Waals surface area contributed by atoms with Crippen LogP contribution in [0.3, 0.4) is 0 Å². The minimum absolute atomic E-state index is 0.0571. The van der Waals surface area contributed by atoms with Crippen LogP contribution in [-0.2, 0) is 4.79 Å². The number of amides is 1. The van der Waals surface area contributed by atoms with E-state index in [1.54, 1.807) is 6.07 Å². The average molecular weight is 340 g/mol. The smallest absolute Gasteiger partial charge is 0.323 e. The maximum atomic E-state index is 12.6. The molecule has 2 rings (SSSR count). The molecule has 1 saturated carbocycles. The lowest BCUT2D eigenvalue weighted by molar-refractivity contribution is -0.138. The first-order chi connectivity index (χ1) is 9.49. The molecule has 0 bridgehead atoms. The zero-order valence-corrected chi connectivity index (χ0v) is 13.0. The molecular weight excluding hydrogens is 322 g/mol. The van der Waals surface area contributed by atoms with E-state index in [2.05, 4.69) is 15.9 Å². The van der Waals surface area contributed by atoms with Crippen LogP contribution in [0.25, 0.3) is 0 Å². The van der Waals surface area contributed by atoms with Crippen molar-refractivity contribution in [1.82, 2.24) is 4.90 Å². The molecule has 1 aliphatic carbocycles. The fraction of sp³-hybridized carbons (Fsp3) is 0.467. The monoisotopic (exact) mass is 339 g/mol. The summed E-state index contributed by atoms with van der Waals surface area (Å²) in [5.41, 5.74) is 1.44. The van der Waals surface area contributed by atoms with Crippen molar-refractivity contribution in [1.29, 1.82) is 0 Å². The molecule has 0 radical (unpaired) electrons.